The van der Waals surface area contributed by atoms with Crippen molar-refractivity contribution in [1.82, 2.24) is 10.2 Å². The second-order valence-corrected chi connectivity index (χ2v) is 7.90. The maximum atomic E-state index is 12.6. The van der Waals surface area contributed by atoms with Crippen LogP contribution in [0.15, 0.2) is 48.5 Å². The van der Waals surface area contributed by atoms with Crippen LogP contribution in [-0.4, -0.2) is 40.4 Å². The van der Waals surface area contributed by atoms with Crippen LogP contribution < -0.4 is 11.1 Å². The lowest BCUT2D eigenvalue weighted by Gasteiger charge is -2.24. The number of hydrogen-bond acceptors (Lipinski definition) is 5. The second-order valence-electron chi connectivity index (χ2n) is 7.47. The number of carbonyl (C=O) groups is 2. The zero-order valence-electron chi connectivity index (χ0n) is 16.2. The summed E-state index contributed by atoms with van der Waals surface area (Å²) in [6.45, 7) is 1.11. The maximum absolute atomic E-state index is 12.6. The Hall–Kier alpha value is -2.41. The van der Waals surface area contributed by atoms with Crippen molar-refractivity contribution in [2.75, 3.05) is 6.54 Å². The van der Waals surface area contributed by atoms with Crippen LogP contribution in [0, 0.1) is 0 Å². The van der Waals surface area contributed by atoms with Crippen molar-refractivity contribution in [2.24, 2.45) is 5.73 Å². The first kappa shape index (κ1) is 21.3. The van der Waals surface area contributed by atoms with Gasteiger partial charge >= 0.3 is 0 Å². The fourth-order valence-electron chi connectivity index (χ4n) is 3.71. The molecule has 0 bridgehead atoms. The maximum Gasteiger partial charge on any atom is 0.243 e. The summed E-state index contributed by atoms with van der Waals surface area (Å²) in [5.41, 5.74) is 7.79. The van der Waals surface area contributed by atoms with Crippen LogP contribution in [0.2, 0.25) is 5.02 Å². The average Bonchev–Trinajstić information content (AvgIpc) is 3.13. The Balaban J connectivity index is 1.53. The molecule has 1 aliphatic heterocycles. The molecule has 1 fully saturated rings. The lowest BCUT2D eigenvalue weighted by atomic mass is 10.0. The van der Waals surface area contributed by atoms with Crippen LogP contribution in [0.3, 0.4) is 0 Å². The van der Waals surface area contributed by atoms with Crippen LogP contribution in [-0.2, 0) is 22.6 Å². The molecule has 29 heavy (non-hydrogen) atoms. The SMILES string of the molecule is N[C@@H](CC(=O)NC(=O)[C@@H]1CCCN1Cc1cc(Cl)ccc1O)Cc1ccccc1. The second kappa shape index (κ2) is 9.87. The molecule has 2 atom stereocenters. The van der Waals surface area contributed by atoms with Gasteiger partial charge in [-0.2, -0.15) is 0 Å². The van der Waals surface area contributed by atoms with Gasteiger partial charge in [0.1, 0.15) is 5.75 Å². The van der Waals surface area contributed by atoms with Crippen molar-refractivity contribution in [1.29, 1.82) is 0 Å². The van der Waals surface area contributed by atoms with Crippen molar-refractivity contribution in [2.45, 2.75) is 44.3 Å². The zero-order chi connectivity index (χ0) is 20.8. The molecule has 2 aromatic carbocycles. The number of rotatable bonds is 7. The van der Waals surface area contributed by atoms with E-state index in [1.165, 1.54) is 0 Å². The summed E-state index contributed by atoms with van der Waals surface area (Å²) in [7, 11) is 0. The van der Waals surface area contributed by atoms with E-state index in [2.05, 4.69) is 5.32 Å². The van der Waals surface area contributed by atoms with Gasteiger partial charge in [0, 0.05) is 29.6 Å². The van der Waals surface area contributed by atoms with Gasteiger partial charge in [0.15, 0.2) is 0 Å². The third kappa shape index (κ3) is 6.03. The molecule has 0 spiro atoms. The molecule has 0 aromatic heterocycles. The van der Waals surface area contributed by atoms with Gasteiger partial charge in [0.05, 0.1) is 6.04 Å². The number of likely N-dealkylation sites (tertiary alicyclic amines) is 1. The highest BCUT2D eigenvalue weighted by Gasteiger charge is 2.32. The lowest BCUT2D eigenvalue weighted by Crippen LogP contribution is -2.46. The largest absolute Gasteiger partial charge is 0.508 e. The van der Waals surface area contributed by atoms with Gasteiger partial charge < -0.3 is 10.8 Å². The Morgan fingerprint density at radius 3 is 2.76 bits per heavy atom. The molecule has 2 amide bonds. The van der Waals surface area contributed by atoms with Crippen molar-refractivity contribution in [3.63, 3.8) is 0 Å². The van der Waals surface area contributed by atoms with Gasteiger partial charge in [-0.3, -0.25) is 19.8 Å². The van der Waals surface area contributed by atoms with Gasteiger partial charge in [-0.1, -0.05) is 41.9 Å². The molecule has 7 heteroatoms. The Morgan fingerprint density at radius 2 is 2.00 bits per heavy atom. The number of nitrogens with one attached hydrogen (secondary N) is 1. The number of hydrogen-bond donors (Lipinski definition) is 3. The highest BCUT2D eigenvalue weighted by atomic mass is 35.5. The topological polar surface area (TPSA) is 95.7 Å². The van der Waals surface area contributed by atoms with E-state index >= 15 is 0 Å². The number of phenolic OH excluding ortho intramolecular Hbond substituents is 1. The Bertz CT molecular complexity index is 860. The number of phenols is 1. The Kier molecular flexibility index (Phi) is 7.25. The number of aromatic hydroxyl groups is 1. The van der Waals surface area contributed by atoms with Crippen molar-refractivity contribution in [3.05, 3.63) is 64.7 Å². The molecule has 1 saturated heterocycles. The molecule has 4 N–H and O–H groups in total. The smallest absolute Gasteiger partial charge is 0.243 e. The van der Waals surface area contributed by atoms with Crippen LogP contribution >= 0.6 is 11.6 Å². The number of carbonyl (C=O) groups excluding carboxylic acids is 2. The molecule has 0 saturated carbocycles. The third-order valence-electron chi connectivity index (χ3n) is 5.13. The molecular formula is C22H26ClN3O3. The first-order chi connectivity index (χ1) is 13.9. The summed E-state index contributed by atoms with van der Waals surface area (Å²) >= 11 is 6.01. The Morgan fingerprint density at radius 1 is 1.24 bits per heavy atom. The molecular weight excluding hydrogens is 390 g/mol. The quantitative estimate of drug-likeness (QED) is 0.646. The van der Waals surface area contributed by atoms with E-state index in [1.807, 2.05) is 35.2 Å². The van der Waals surface area contributed by atoms with Crippen LogP contribution in [0.1, 0.15) is 30.4 Å². The Labute approximate surface area is 175 Å². The first-order valence-electron chi connectivity index (χ1n) is 9.77. The molecule has 0 aliphatic carbocycles. The molecule has 3 rings (SSSR count). The zero-order valence-corrected chi connectivity index (χ0v) is 16.9. The predicted octanol–water partition coefficient (Wildman–Crippen LogP) is 2.61. The fraction of sp³-hybridized carbons (Fsp3) is 0.364. The molecule has 0 unspecified atom stereocenters. The van der Waals surface area contributed by atoms with Gasteiger partial charge in [0.25, 0.3) is 0 Å². The average molecular weight is 416 g/mol. The van der Waals surface area contributed by atoms with Gasteiger partial charge in [-0.05, 0) is 49.6 Å². The molecule has 0 radical (unpaired) electrons. The van der Waals surface area contributed by atoms with Crippen molar-refractivity contribution in [3.8, 4) is 5.75 Å². The van der Waals surface area contributed by atoms with E-state index in [1.54, 1.807) is 18.2 Å². The minimum absolute atomic E-state index is 0.0857. The van der Waals surface area contributed by atoms with Gasteiger partial charge in [0.2, 0.25) is 11.8 Å². The van der Waals surface area contributed by atoms with Crippen LogP contribution in [0.4, 0.5) is 0 Å². The minimum Gasteiger partial charge on any atom is -0.508 e. The highest BCUT2D eigenvalue weighted by Crippen LogP contribution is 2.26. The lowest BCUT2D eigenvalue weighted by molar-refractivity contribution is -0.133. The van der Waals surface area contributed by atoms with Crippen molar-refractivity contribution < 1.29 is 14.7 Å². The minimum atomic E-state index is -0.414. The summed E-state index contributed by atoms with van der Waals surface area (Å²) < 4.78 is 0. The fourth-order valence-corrected chi connectivity index (χ4v) is 3.91. The number of nitrogens with zero attached hydrogens (tertiary/aromatic N) is 1. The monoisotopic (exact) mass is 415 g/mol. The van der Waals surface area contributed by atoms with Gasteiger partial charge in [-0.15, -0.1) is 0 Å². The van der Waals surface area contributed by atoms with E-state index < -0.39 is 6.04 Å². The normalized spacial score (nSPS) is 17.8. The van der Waals surface area contributed by atoms with E-state index in [4.69, 9.17) is 17.3 Å². The summed E-state index contributed by atoms with van der Waals surface area (Å²) in [6, 6.07) is 13.8. The number of imide groups is 1. The van der Waals surface area contributed by atoms with Crippen molar-refractivity contribution >= 4 is 23.4 Å². The number of amides is 2. The van der Waals surface area contributed by atoms with E-state index in [0.717, 1.165) is 12.0 Å². The molecule has 1 aliphatic rings. The molecule has 154 valence electrons. The summed E-state index contributed by atoms with van der Waals surface area (Å²) in [5.74, 6) is -0.541. The van der Waals surface area contributed by atoms with Gasteiger partial charge in [-0.25, -0.2) is 0 Å². The standard InChI is InChI=1S/C22H26ClN3O3/c23-17-8-9-20(27)16(12-17)14-26-10-4-7-19(26)22(29)25-21(28)13-18(24)11-15-5-2-1-3-6-15/h1-3,5-6,8-9,12,18-19,27H,4,7,10-11,13-14,24H2,(H,25,28,29)/t18-,19+/m1/s1. The summed E-state index contributed by atoms with van der Waals surface area (Å²) in [6.07, 6.45) is 2.17. The third-order valence-corrected chi connectivity index (χ3v) is 5.37. The highest BCUT2D eigenvalue weighted by molar-refractivity contribution is 6.30. The first-order valence-corrected chi connectivity index (χ1v) is 10.1. The predicted molar refractivity (Wildman–Crippen MR) is 112 cm³/mol. The number of nitrogens with two attached hydrogens (primary N) is 1. The summed E-state index contributed by atoms with van der Waals surface area (Å²) in [4.78, 5) is 26.9. The molecule has 2 aromatic rings. The van der Waals surface area contributed by atoms with Crippen LogP contribution in [0.25, 0.3) is 0 Å². The number of benzene rings is 2. The van der Waals surface area contributed by atoms with E-state index in [0.29, 0.717) is 36.5 Å². The molecule has 6 nitrogen and oxygen atoms in total. The van der Waals surface area contributed by atoms with E-state index in [9.17, 15) is 14.7 Å². The van der Waals surface area contributed by atoms with E-state index in [-0.39, 0.29) is 30.0 Å². The summed E-state index contributed by atoms with van der Waals surface area (Å²) in [5, 5.41) is 13.1. The number of halogens is 1. The van der Waals surface area contributed by atoms with Crippen LogP contribution in [0.5, 0.6) is 5.75 Å². The molecule has 1 heterocycles.